The molecular formula is C20H27N5O4S. The minimum atomic E-state index is -3.25. The van der Waals surface area contributed by atoms with Gasteiger partial charge in [-0.05, 0) is 57.2 Å². The minimum absolute atomic E-state index is 0.0508. The number of carbonyl (C=O) groups excluding carboxylic acids is 1. The zero-order valence-corrected chi connectivity index (χ0v) is 17.9. The second kappa shape index (κ2) is 8.17. The van der Waals surface area contributed by atoms with E-state index in [-0.39, 0.29) is 29.9 Å². The number of carbonyl (C=O) groups is 1. The van der Waals surface area contributed by atoms with Crippen LogP contribution >= 0.6 is 0 Å². The molecule has 1 amide bonds. The SMILES string of the molecule is CC(C)NC(=O)O[C@@H]1CC[C@H](c2cc(Nc3ccc4c(c3)NS(=O)(=O)CC4)n[nH]2)C1. The summed E-state index contributed by atoms with van der Waals surface area (Å²) in [5, 5.41) is 13.4. The zero-order chi connectivity index (χ0) is 21.3. The molecule has 2 atom stereocenters. The van der Waals surface area contributed by atoms with Crippen LogP contribution in [0.4, 0.5) is 22.0 Å². The number of nitrogens with one attached hydrogen (secondary N) is 4. The first-order chi connectivity index (χ1) is 14.3. The van der Waals surface area contributed by atoms with E-state index in [2.05, 4.69) is 25.6 Å². The summed E-state index contributed by atoms with van der Waals surface area (Å²) in [6.45, 7) is 3.80. The molecule has 1 fully saturated rings. The highest BCUT2D eigenvalue weighted by Gasteiger charge is 2.30. The Labute approximate surface area is 176 Å². The van der Waals surface area contributed by atoms with Gasteiger partial charge in [0, 0.05) is 29.4 Å². The van der Waals surface area contributed by atoms with E-state index in [1.165, 1.54) is 0 Å². The minimum Gasteiger partial charge on any atom is -0.446 e. The highest BCUT2D eigenvalue weighted by molar-refractivity contribution is 7.92. The molecule has 2 aromatic rings. The van der Waals surface area contributed by atoms with Gasteiger partial charge in [0.1, 0.15) is 6.10 Å². The van der Waals surface area contributed by atoms with Gasteiger partial charge in [0.25, 0.3) is 0 Å². The van der Waals surface area contributed by atoms with Crippen molar-refractivity contribution in [2.24, 2.45) is 0 Å². The highest BCUT2D eigenvalue weighted by Crippen LogP contribution is 2.36. The predicted octanol–water partition coefficient (Wildman–Crippen LogP) is 3.22. The number of aromatic nitrogens is 2. The lowest BCUT2D eigenvalue weighted by atomic mass is 10.0. The molecule has 4 rings (SSSR count). The van der Waals surface area contributed by atoms with Crippen LogP contribution in [-0.2, 0) is 21.2 Å². The van der Waals surface area contributed by atoms with Gasteiger partial charge in [-0.2, -0.15) is 5.10 Å². The predicted molar refractivity (Wildman–Crippen MR) is 115 cm³/mol. The number of nitrogens with zero attached hydrogens (tertiary/aromatic N) is 1. The molecule has 10 heteroatoms. The Hall–Kier alpha value is -2.75. The number of H-pyrrole nitrogens is 1. The molecule has 1 aliphatic heterocycles. The average molecular weight is 434 g/mol. The van der Waals surface area contributed by atoms with Crippen molar-refractivity contribution < 1.29 is 17.9 Å². The molecular weight excluding hydrogens is 406 g/mol. The molecule has 0 spiro atoms. The topological polar surface area (TPSA) is 125 Å². The van der Waals surface area contributed by atoms with Crippen LogP contribution < -0.4 is 15.4 Å². The molecule has 2 aliphatic rings. The standard InChI is InChI=1S/C20H27N5O4S/c1-12(2)21-20(26)29-16-6-4-14(9-16)17-11-19(24-23-17)22-15-5-3-13-7-8-30(27,28)25-18(13)10-15/h3,5,10-12,14,16,25H,4,6-9H2,1-2H3,(H,21,26)(H2,22,23,24)/t14-,16+/m0/s1. The molecule has 0 saturated heterocycles. The lowest BCUT2D eigenvalue weighted by molar-refractivity contribution is 0.0981. The normalized spacial score (nSPS) is 22.2. The Morgan fingerprint density at radius 1 is 1.27 bits per heavy atom. The Balaban J connectivity index is 1.37. The van der Waals surface area contributed by atoms with Crippen molar-refractivity contribution in [3.63, 3.8) is 0 Å². The summed E-state index contributed by atoms with van der Waals surface area (Å²) < 4.78 is 31.7. The number of sulfonamides is 1. The van der Waals surface area contributed by atoms with Crippen LogP contribution in [0.2, 0.25) is 0 Å². The van der Waals surface area contributed by atoms with Crippen LogP contribution in [0.1, 0.15) is 50.3 Å². The van der Waals surface area contributed by atoms with Gasteiger partial charge in [0.2, 0.25) is 10.0 Å². The summed E-state index contributed by atoms with van der Waals surface area (Å²) in [7, 11) is -3.25. The van der Waals surface area contributed by atoms with E-state index in [0.29, 0.717) is 17.9 Å². The lowest BCUT2D eigenvalue weighted by Crippen LogP contribution is -2.33. The molecule has 0 unspecified atom stereocenters. The number of benzene rings is 1. The van der Waals surface area contributed by atoms with Crippen molar-refractivity contribution in [3.05, 3.63) is 35.5 Å². The largest absolute Gasteiger partial charge is 0.446 e. The van der Waals surface area contributed by atoms with Gasteiger partial charge in [-0.3, -0.25) is 9.82 Å². The Morgan fingerprint density at radius 3 is 2.90 bits per heavy atom. The molecule has 1 aromatic carbocycles. The number of amides is 1. The van der Waals surface area contributed by atoms with Crippen LogP contribution in [0.15, 0.2) is 24.3 Å². The average Bonchev–Trinajstić information content (AvgIpc) is 3.29. The van der Waals surface area contributed by atoms with Crippen molar-refractivity contribution in [3.8, 4) is 0 Å². The fourth-order valence-electron chi connectivity index (χ4n) is 3.94. The van der Waals surface area contributed by atoms with Crippen LogP contribution in [0.5, 0.6) is 0 Å². The number of aromatic amines is 1. The van der Waals surface area contributed by atoms with Gasteiger partial charge < -0.3 is 15.4 Å². The van der Waals surface area contributed by atoms with Crippen molar-refractivity contribution >= 4 is 33.3 Å². The first-order valence-electron chi connectivity index (χ1n) is 10.2. The Bertz CT molecular complexity index is 1030. The Kier molecular flexibility index (Phi) is 5.59. The summed E-state index contributed by atoms with van der Waals surface area (Å²) in [5.41, 5.74) is 3.34. The number of fused-ring (bicyclic) bond motifs is 1. The van der Waals surface area contributed by atoms with Crippen molar-refractivity contribution in [2.45, 2.75) is 57.6 Å². The van der Waals surface area contributed by atoms with E-state index in [1.807, 2.05) is 32.0 Å². The molecule has 2 heterocycles. The molecule has 1 aliphatic carbocycles. The molecule has 4 N–H and O–H groups in total. The van der Waals surface area contributed by atoms with E-state index < -0.39 is 10.0 Å². The Morgan fingerprint density at radius 2 is 2.10 bits per heavy atom. The number of alkyl carbamates (subject to hydrolysis) is 1. The van der Waals surface area contributed by atoms with E-state index >= 15 is 0 Å². The van der Waals surface area contributed by atoms with Gasteiger partial charge >= 0.3 is 6.09 Å². The molecule has 0 radical (unpaired) electrons. The molecule has 0 bridgehead atoms. The number of anilines is 3. The number of aryl methyl sites for hydroxylation is 1. The maximum absolute atomic E-state index is 11.8. The van der Waals surface area contributed by atoms with Crippen molar-refractivity contribution in [2.75, 3.05) is 15.8 Å². The first kappa shape index (κ1) is 20.5. The maximum Gasteiger partial charge on any atom is 0.407 e. The number of hydrogen-bond donors (Lipinski definition) is 4. The monoisotopic (exact) mass is 433 g/mol. The van der Waals surface area contributed by atoms with Gasteiger partial charge in [0.05, 0.1) is 11.4 Å². The highest BCUT2D eigenvalue weighted by atomic mass is 32.2. The quantitative estimate of drug-likeness (QED) is 0.574. The third-order valence-electron chi connectivity index (χ3n) is 5.39. The molecule has 30 heavy (non-hydrogen) atoms. The molecule has 1 aromatic heterocycles. The third kappa shape index (κ3) is 4.86. The molecule has 9 nitrogen and oxygen atoms in total. The summed E-state index contributed by atoms with van der Waals surface area (Å²) in [6, 6.07) is 7.63. The third-order valence-corrected chi connectivity index (χ3v) is 6.66. The number of rotatable bonds is 5. The molecule has 1 saturated carbocycles. The van der Waals surface area contributed by atoms with Crippen LogP contribution in [-0.4, -0.2) is 42.6 Å². The van der Waals surface area contributed by atoms with Gasteiger partial charge in [0.15, 0.2) is 5.82 Å². The van der Waals surface area contributed by atoms with Crippen LogP contribution in [0.3, 0.4) is 0 Å². The molecule has 162 valence electrons. The maximum atomic E-state index is 11.8. The second-order valence-corrected chi connectivity index (χ2v) is 10.1. The fraction of sp³-hybridized carbons (Fsp3) is 0.500. The summed E-state index contributed by atoms with van der Waals surface area (Å²) in [6.07, 6.45) is 2.55. The van der Waals surface area contributed by atoms with Crippen molar-refractivity contribution in [1.82, 2.24) is 15.5 Å². The summed E-state index contributed by atoms with van der Waals surface area (Å²) >= 11 is 0. The van der Waals surface area contributed by atoms with E-state index in [0.717, 1.165) is 36.2 Å². The first-order valence-corrected chi connectivity index (χ1v) is 11.9. The van der Waals surface area contributed by atoms with Crippen LogP contribution in [0, 0.1) is 0 Å². The summed E-state index contributed by atoms with van der Waals surface area (Å²) in [5.74, 6) is 1.02. The smallest absolute Gasteiger partial charge is 0.407 e. The van der Waals surface area contributed by atoms with Gasteiger partial charge in [-0.1, -0.05) is 6.07 Å². The van der Waals surface area contributed by atoms with E-state index in [9.17, 15) is 13.2 Å². The lowest BCUT2D eigenvalue weighted by Gasteiger charge is -2.19. The van der Waals surface area contributed by atoms with E-state index in [1.54, 1.807) is 6.07 Å². The van der Waals surface area contributed by atoms with Gasteiger partial charge in [-0.15, -0.1) is 0 Å². The number of hydrogen-bond acceptors (Lipinski definition) is 6. The number of ether oxygens (including phenoxy) is 1. The summed E-state index contributed by atoms with van der Waals surface area (Å²) in [4.78, 5) is 11.8. The fourth-order valence-corrected chi connectivity index (χ4v) is 5.05. The van der Waals surface area contributed by atoms with E-state index in [4.69, 9.17) is 4.74 Å². The second-order valence-electron chi connectivity index (χ2n) is 8.21. The van der Waals surface area contributed by atoms with Crippen molar-refractivity contribution in [1.29, 1.82) is 0 Å². The zero-order valence-electron chi connectivity index (χ0n) is 17.1. The van der Waals surface area contributed by atoms with Gasteiger partial charge in [-0.25, -0.2) is 13.2 Å². The van der Waals surface area contributed by atoms with Crippen LogP contribution in [0.25, 0.3) is 0 Å².